The van der Waals surface area contributed by atoms with Gasteiger partial charge >= 0.3 is 11.9 Å². The fourth-order valence-corrected chi connectivity index (χ4v) is 1.80. The van der Waals surface area contributed by atoms with Crippen LogP contribution in [0.25, 0.3) is 0 Å². The maximum atomic E-state index is 11.7. The summed E-state index contributed by atoms with van der Waals surface area (Å²) in [6, 6.07) is 9.78. The molecule has 1 aromatic carbocycles. The Bertz CT molecular complexity index is 465. The van der Waals surface area contributed by atoms with E-state index < -0.39 is 18.0 Å². The molecule has 1 atom stereocenters. The SMILES string of the molecule is C=C(C(=O)OCC)C(CCc1ccccc1)OC(C)=O. The van der Waals surface area contributed by atoms with Crippen LogP contribution < -0.4 is 0 Å². The summed E-state index contributed by atoms with van der Waals surface area (Å²) in [6.45, 7) is 6.99. The van der Waals surface area contributed by atoms with Crippen molar-refractivity contribution < 1.29 is 19.1 Å². The molecule has 0 N–H and O–H groups in total. The molecule has 0 saturated heterocycles. The van der Waals surface area contributed by atoms with E-state index in [-0.39, 0.29) is 12.2 Å². The number of carbonyl (C=O) groups is 2. The van der Waals surface area contributed by atoms with Gasteiger partial charge in [-0.25, -0.2) is 4.79 Å². The predicted molar refractivity (Wildman–Crippen MR) is 76.1 cm³/mol. The van der Waals surface area contributed by atoms with Crippen molar-refractivity contribution in [3.05, 3.63) is 48.0 Å². The van der Waals surface area contributed by atoms with Crippen molar-refractivity contribution in [2.45, 2.75) is 32.8 Å². The molecule has 0 aliphatic rings. The van der Waals surface area contributed by atoms with Gasteiger partial charge in [-0.3, -0.25) is 4.79 Å². The molecule has 0 radical (unpaired) electrons. The molecule has 0 saturated carbocycles. The minimum Gasteiger partial charge on any atom is -0.463 e. The summed E-state index contributed by atoms with van der Waals surface area (Å²) < 4.78 is 10.1. The highest BCUT2D eigenvalue weighted by Crippen LogP contribution is 2.15. The molecule has 1 rings (SSSR count). The summed E-state index contributed by atoms with van der Waals surface area (Å²) in [5.74, 6) is -0.958. The number of hydrogen-bond donors (Lipinski definition) is 0. The van der Waals surface area contributed by atoms with Crippen LogP contribution in [0.4, 0.5) is 0 Å². The summed E-state index contributed by atoms with van der Waals surface area (Å²) in [5, 5.41) is 0. The quantitative estimate of drug-likeness (QED) is 0.567. The Morgan fingerprint density at radius 1 is 1.25 bits per heavy atom. The van der Waals surface area contributed by atoms with Crippen LogP contribution in [0.5, 0.6) is 0 Å². The van der Waals surface area contributed by atoms with Gasteiger partial charge in [-0.05, 0) is 25.3 Å². The van der Waals surface area contributed by atoms with Gasteiger partial charge in [0, 0.05) is 6.92 Å². The van der Waals surface area contributed by atoms with Crippen molar-refractivity contribution >= 4 is 11.9 Å². The lowest BCUT2D eigenvalue weighted by Gasteiger charge is -2.18. The molecule has 1 aromatic rings. The number of benzene rings is 1. The number of carbonyl (C=O) groups excluding carboxylic acids is 2. The predicted octanol–water partition coefficient (Wildman–Crippen LogP) is 2.67. The van der Waals surface area contributed by atoms with Gasteiger partial charge in [0.15, 0.2) is 0 Å². The monoisotopic (exact) mass is 276 g/mol. The Hall–Kier alpha value is -2.10. The summed E-state index contributed by atoms with van der Waals surface area (Å²) in [4.78, 5) is 22.8. The number of rotatable bonds is 7. The topological polar surface area (TPSA) is 52.6 Å². The van der Waals surface area contributed by atoms with Gasteiger partial charge in [-0.15, -0.1) is 0 Å². The molecular formula is C16H20O4. The molecule has 0 amide bonds. The maximum Gasteiger partial charge on any atom is 0.337 e. The first-order valence-corrected chi connectivity index (χ1v) is 6.61. The van der Waals surface area contributed by atoms with Crippen LogP contribution in [0.2, 0.25) is 0 Å². The van der Waals surface area contributed by atoms with Gasteiger partial charge in [-0.1, -0.05) is 36.9 Å². The Labute approximate surface area is 119 Å². The summed E-state index contributed by atoms with van der Waals surface area (Å²) in [7, 11) is 0. The number of aryl methyl sites for hydroxylation is 1. The second-order valence-electron chi connectivity index (χ2n) is 4.37. The first kappa shape index (κ1) is 16.0. The minimum atomic E-state index is -0.647. The molecule has 0 aliphatic carbocycles. The normalized spacial score (nSPS) is 11.5. The molecule has 4 nitrogen and oxygen atoms in total. The molecule has 0 aliphatic heterocycles. The lowest BCUT2D eigenvalue weighted by Crippen LogP contribution is -2.25. The zero-order chi connectivity index (χ0) is 15.0. The molecule has 0 bridgehead atoms. The molecule has 0 aromatic heterocycles. The van der Waals surface area contributed by atoms with Crippen molar-refractivity contribution in [1.29, 1.82) is 0 Å². The number of hydrogen-bond acceptors (Lipinski definition) is 4. The highest BCUT2D eigenvalue weighted by molar-refractivity contribution is 5.89. The van der Waals surface area contributed by atoms with Crippen molar-refractivity contribution in [3.63, 3.8) is 0 Å². The van der Waals surface area contributed by atoms with Crippen LogP contribution in [-0.4, -0.2) is 24.6 Å². The van der Waals surface area contributed by atoms with E-state index in [9.17, 15) is 9.59 Å². The van der Waals surface area contributed by atoms with Gasteiger partial charge in [0.05, 0.1) is 12.2 Å². The fraction of sp³-hybridized carbons (Fsp3) is 0.375. The fourth-order valence-electron chi connectivity index (χ4n) is 1.80. The van der Waals surface area contributed by atoms with Crippen LogP contribution in [-0.2, 0) is 25.5 Å². The molecule has 0 heterocycles. The Kier molecular flexibility index (Phi) is 6.50. The van der Waals surface area contributed by atoms with Crippen LogP contribution in [0.3, 0.4) is 0 Å². The van der Waals surface area contributed by atoms with Crippen LogP contribution in [0.1, 0.15) is 25.8 Å². The van der Waals surface area contributed by atoms with E-state index in [0.29, 0.717) is 12.8 Å². The highest BCUT2D eigenvalue weighted by Gasteiger charge is 2.22. The third-order valence-corrected chi connectivity index (χ3v) is 2.77. The van der Waals surface area contributed by atoms with Crippen molar-refractivity contribution in [2.75, 3.05) is 6.61 Å². The lowest BCUT2D eigenvalue weighted by molar-refractivity contribution is -0.147. The van der Waals surface area contributed by atoms with Gasteiger partial charge in [0.1, 0.15) is 6.10 Å². The molecule has 0 spiro atoms. The summed E-state index contributed by atoms with van der Waals surface area (Å²) >= 11 is 0. The standard InChI is InChI=1S/C16H20O4/c1-4-19-16(18)12(2)15(20-13(3)17)11-10-14-8-6-5-7-9-14/h5-9,15H,2,4,10-11H2,1,3H3. The van der Waals surface area contributed by atoms with E-state index in [4.69, 9.17) is 9.47 Å². The van der Waals surface area contributed by atoms with Gasteiger partial charge < -0.3 is 9.47 Å². The Morgan fingerprint density at radius 2 is 1.90 bits per heavy atom. The smallest absolute Gasteiger partial charge is 0.337 e. The van der Waals surface area contributed by atoms with Crippen LogP contribution in [0.15, 0.2) is 42.5 Å². The molecule has 108 valence electrons. The number of ether oxygens (including phenoxy) is 2. The average molecular weight is 276 g/mol. The van der Waals surface area contributed by atoms with E-state index in [0.717, 1.165) is 5.56 Å². The Balaban J connectivity index is 2.66. The second kappa shape index (κ2) is 8.15. The highest BCUT2D eigenvalue weighted by atomic mass is 16.6. The van der Waals surface area contributed by atoms with E-state index in [2.05, 4.69) is 6.58 Å². The van der Waals surface area contributed by atoms with Crippen molar-refractivity contribution in [1.82, 2.24) is 0 Å². The molecule has 20 heavy (non-hydrogen) atoms. The Morgan fingerprint density at radius 3 is 2.45 bits per heavy atom. The lowest BCUT2D eigenvalue weighted by atomic mass is 10.0. The first-order valence-electron chi connectivity index (χ1n) is 6.61. The first-order chi connectivity index (χ1) is 9.54. The zero-order valence-electron chi connectivity index (χ0n) is 11.9. The van der Waals surface area contributed by atoms with E-state index in [1.54, 1.807) is 6.92 Å². The van der Waals surface area contributed by atoms with E-state index in [1.165, 1.54) is 6.92 Å². The van der Waals surface area contributed by atoms with Gasteiger partial charge in [0.25, 0.3) is 0 Å². The van der Waals surface area contributed by atoms with Crippen molar-refractivity contribution in [2.24, 2.45) is 0 Å². The molecule has 0 fully saturated rings. The minimum absolute atomic E-state index is 0.179. The second-order valence-corrected chi connectivity index (χ2v) is 4.37. The van der Waals surface area contributed by atoms with E-state index >= 15 is 0 Å². The van der Waals surface area contributed by atoms with Crippen LogP contribution in [0, 0.1) is 0 Å². The largest absolute Gasteiger partial charge is 0.463 e. The molecule has 4 heteroatoms. The third-order valence-electron chi connectivity index (χ3n) is 2.77. The molecule has 1 unspecified atom stereocenters. The maximum absolute atomic E-state index is 11.7. The van der Waals surface area contributed by atoms with E-state index in [1.807, 2.05) is 30.3 Å². The zero-order valence-corrected chi connectivity index (χ0v) is 11.9. The van der Waals surface area contributed by atoms with Gasteiger partial charge in [0.2, 0.25) is 0 Å². The number of esters is 2. The van der Waals surface area contributed by atoms with Crippen LogP contribution >= 0.6 is 0 Å². The summed E-state index contributed by atoms with van der Waals surface area (Å²) in [5.41, 5.74) is 1.29. The van der Waals surface area contributed by atoms with Crippen molar-refractivity contribution in [3.8, 4) is 0 Å². The van der Waals surface area contributed by atoms with Gasteiger partial charge in [-0.2, -0.15) is 0 Å². The summed E-state index contributed by atoms with van der Waals surface area (Å²) in [6.07, 6.45) is 0.546. The average Bonchev–Trinajstić information content (AvgIpc) is 2.43. The third kappa shape index (κ3) is 5.26. The molecular weight excluding hydrogens is 256 g/mol.